The zero-order valence-corrected chi connectivity index (χ0v) is 16.6. The molecule has 0 unspecified atom stereocenters. The van der Waals surface area contributed by atoms with Gasteiger partial charge in [-0.3, -0.25) is 0 Å². The van der Waals surface area contributed by atoms with Crippen LogP contribution in [0.5, 0.6) is 5.75 Å². The number of hydrogen-bond donors (Lipinski definition) is 1. The van der Waals surface area contributed by atoms with E-state index in [2.05, 4.69) is 15.5 Å². The van der Waals surface area contributed by atoms with Gasteiger partial charge in [-0.05, 0) is 62.1 Å². The van der Waals surface area contributed by atoms with Gasteiger partial charge in [0.1, 0.15) is 11.8 Å². The highest BCUT2D eigenvalue weighted by Crippen LogP contribution is 2.32. The van der Waals surface area contributed by atoms with E-state index in [1.165, 1.54) is 0 Å². The summed E-state index contributed by atoms with van der Waals surface area (Å²) in [6.45, 7) is 2.63. The number of nitrogens with zero attached hydrogens (tertiary/aromatic N) is 3. The van der Waals surface area contributed by atoms with Crippen molar-refractivity contribution >= 4 is 11.7 Å². The van der Waals surface area contributed by atoms with Crippen LogP contribution in [-0.4, -0.2) is 34.7 Å². The lowest BCUT2D eigenvalue weighted by atomic mass is 10.0. The SMILES string of the molecule is COc1ccc(-c2noc([C@H]3CCCCN3C(=O)Nc3ccccc3C)n2)cc1. The van der Waals surface area contributed by atoms with Gasteiger partial charge in [0.05, 0.1) is 7.11 Å². The molecule has 1 aliphatic rings. The third-order valence-electron chi connectivity index (χ3n) is 5.23. The zero-order valence-electron chi connectivity index (χ0n) is 16.6. The summed E-state index contributed by atoms with van der Waals surface area (Å²) < 4.78 is 10.7. The number of aryl methyl sites for hydroxylation is 1. The third kappa shape index (κ3) is 4.08. The fourth-order valence-corrected chi connectivity index (χ4v) is 3.56. The predicted octanol–water partition coefficient (Wildman–Crippen LogP) is 4.81. The van der Waals surface area contributed by atoms with Crippen LogP contribution in [0.4, 0.5) is 10.5 Å². The van der Waals surface area contributed by atoms with E-state index in [0.29, 0.717) is 18.3 Å². The predicted molar refractivity (Wildman–Crippen MR) is 110 cm³/mol. The number of carbonyl (C=O) groups is 1. The number of ether oxygens (including phenoxy) is 1. The van der Waals surface area contributed by atoms with Crippen LogP contribution in [0, 0.1) is 6.92 Å². The minimum Gasteiger partial charge on any atom is -0.497 e. The van der Waals surface area contributed by atoms with Gasteiger partial charge in [0, 0.05) is 17.8 Å². The highest BCUT2D eigenvalue weighted by Gasteiger charge is 2.32. The number of likely N-dealkylation sites (tertiary alicyclic amines) is 1. The molecule has 1 aromatic heterocycles. The van der Waals surface area contributed by atoms with E-state index in [9.17, 15) is 4.79 Å². The molecule has 7 nitrogen and oxygen atoms in total. The number of anilines is 1. The summed E-state index contributed by atoms with van der Waals surface area (Å²) in [5.74, 6) is 1.74. The Balaban J connectivity index is 1.53. The first-order valence-corrected chi connectivity index (χ1v) is 9.77. The van der Waals surface area contributed by atoms with Crippen molar-refractivity contribution < 1.29 is 14.1 Å². The van der Waals surface area contributed by atoms with E-state index in [1.807, 2.05) is 55.5 Å². The van der Waals surface area contributed by atoms with Crippen LogP contribution >= 0.6 is 0 Å². The molecule has 1 atom stereocenters. The molecule has 2 heterocycles. The second-order valence-corrected chi connectivity index (χ2v) is 7.13. The number of rotatable bonds is 4. The van der Waals surface area contributed by atoms with Crippen LogP contribution < -0.4 is 10.1 Å². The second kappa shape index (κ2) is 8.34. The molecule has 0 aliphatic carbocycles. The number of benzene rings is 2. The van der Waals surface area contributed by atoms with E-state index in [0.717, 1.165) is 41.8 Å². The number of para-hydroxylation sites is 1. The summed E-state index contributed by atoms with van der Waals surface area (Å²) in [7, 11) is 1.63. The molecule has 150 valence electrons. The Kier molecular flexibility index (Phi) is 5.46. The lowest BCUT2D eigenvalue weighted by molar-refractivity contribution is 0.142. The standard InChI is InChI=1S/C22H24N4O3/c1-15-7-3-4-8-18(15)23-22(27)26-14-6-5-9-19(26)21-24-20(25-29-21)16-10-12-17(28-2)13-11-16/h3-4,7-8,10-13,19H,5-6,9,14H2,1-2H3,(H,23,27)/t19-/m1/s1. The van der Waals surface area contributed by atoms with Crippen molar-refractivity contribution in [3.05, 3.63) is 60.0 Å². The average molecular weight is 392 g/mol. The molecule has 2 amide bonds. The zero-order chi connectivity index (χ0) is 20.2. The van der Waals surface area contributed by atoms with Gasteiger partial charge in [-0.25, -0.2) is 4.79 Å². The van der Waals surface area contributed by atoms with Gasteiger partial charge in [-0.15, -0.1) is 0 Å². The van der Waals surface area contributed by atoms with Crippen molar-refractivity contribution in [3.8, 4) is 17.1 Å². The van der Waals surface area contributed by atoms with E-state index < -0.39 is 0 Å². The van der Waals surface area contributed by atoms with Gasteiger partial charge in [0.15, 0.2) is 0 Å². The summed E-state index contributed by atoms with van der Waals surface area (Å²) in [5, 5.41) is 7.14. The maximum absolute atomic E-state index is 13.0. The Morgan fingerprint density at radius 2 is 1.97 bits per heavy atom. The molecule has 1 saturated heterocycles. The number of urea groups is 1. The Bertz CT molecular complexity index is 984. The van der Waals surface area contributed by atoms with Crippen molar-refractivity contribution in [1.82, 2.24) is 15.0 Å². The van der Waals surface area contributed by atoms with Gasteiger partial charge >= 0.3 is 6.03 Å². The molecule has 0 radical (unpaired) electrons. The fraction of sp³-hybridized carbons (Fsp3) is 0.318. The van der Waals surface area contributed by atoms with Crippen molar-refractivity contribution in [2.45, 2.75) is 32.2 Å². The molecule has 1 aliphatic heterocycles. The maximum Gasteiger partial charge on any atom is 0.322 e. The minimum atomic E-state index is -0.229. The fourth-order valence-electron chi connectivity index (χ4n) is 3.56. The molecular formula is C22H24N4O3. The van der Waals surface area contributed by atoms with E-state index in [-0.39, 0.29) is 12.1 Å². The minimum absolute atomic E-state index is 0.145. The average Bonchev–Trinajstić information content (AvgIpc) is 3.25. The second-order valence-electron chi connectivity index (χ2n) is 7.13. The number of carbonyl (C=O) groups excluding carboxylic acids is 1. The largest absolute Gasteiger partial charge is 0.497 e. The van der Waals surface area contributed by atoms with Crippen LogP contribution in [0.3, 0.4) is 0 Å². The smallest absolute Gasteiger partial charge is 0.322 e. The lowest BCUT2D eigenvalue weighted by Gasteiger charge is -2.33. The number of hydrogen-bond acceptors (Lipinski definition) is 5. The first-order valence-electron chi connectivity index (χ1n) is 9.77. The third-order valence-corrected chi connectivity index (χ3v) is 5.23. The van der Waals surface area contributed by atoms with E-state index in [1.54, 1.807) is 12.0 Å². The Morgan fingerprint density at radius 3 is 2.72 bits per heavy atom. The number of aromatic nitrogens is 2. The molecule has 0 spiro atoms. The first kappa shape index (κ1) is 19.0. The van der Waals surface area contributed by atoms with Gasteiger partial charge in [-0.1, -0.05) is 23.4 Å². The molecule has 3 aromatic rings. The summed E-state index contributed by atoms with van der Waals surface area (Å²) in [6.07, 6.45) is 2.77. The summed E-state index contributed by atoms with van der Waals surface area (Å²) in [4.78, 5) is 19.3. The summed E-state index contributed by atoms with van der Waals surface area (Å²) in [6, 6.07) is 14.8. The molecule has 0 saturated carbocycles. The van der Waals surface area contributed by atoms with Gasteiger partial charge in [0.2, 0.25) is 11.7 Å². The van der Waals surface area contributed by atoms with Gasteiger partial charge in [0.25, 0.3) is 0 Å². The number of amides is 2. The quantitative estimate of drug-likeness (QED) is 0.689. The molecule has 2 aromatic carbocycles. The maximum atomic E-state index is 13.0. The molecular weight excluding hydrogens is 368 g/mol. The van der Waals surface area contributed by atoms with Gasteiger partial charge < -0.3 is 19.5 Å². The van der Waals surface area contributed by atoms with Crippen LogP contribution in [0.25, 0.3) is 11.4 Å². The van der Waals surface area contributed by atoms with Crippen molar-refractivity contribution in [3.63, 3.8) is 0 Å². The van der Waals surface area contributed by atoms with Crippen LogP contribution in [0.2, 0.25) is 0 Å². The van der Waals surface area contributed by atoms with E-state index >= 15 is 0 Å². The van der Waals surface area contributed by atoms with E-state index in [4.69, 9.17) is 9.26 Å². The van der Waals surface area contributed by atoms with Crippen LogP contribution in [0.15, 0.2) is 53.1 Å². The lowest BCUT2D eigenvalue weighted by Crippen LogP contribution is -2.41. The molecule has 4 rings (SSSR count). The van der Waals surface area contributed by atoms with Crippen molar-refractivity contribution in [1.29, 1.82) is 0 Å². The normalized spacial score (nSPS) is 16.5. The summed E-state index contributed by atoms with van der Waals surface area (Å²) in [5.41, 5.74) is 2.67. The highest BCUT2D eigenvalue weighted by molar-refractivity contribution is 5.90. The molecule has 1 fully saturated rings. The number of piperidine rings is 1. The monoisotopic (exact) mass is 392 g/mol. The van der Waals surface area contributed by atoms with Crippen molar-refractivity contribution in [2.24, 2.45) is 0 Å². The van der Waals surface area contributed by atoms with Crippen LogP contribution in [0.1, 0.15) is 36.8 Å². The first-order chi connectivity index (χ1) is 14.2. The molecule has 29 heavy (non-hydrogen) atoms. The molecule has 1 N–H and O–H groups in total. The molecule has 0 bridgehead atoms. The van der Waals surface area contributed by atoms with Gasteiger partial charge in [-0.2, -0.15) is 4.98 Å². The molecule has 7 heteroatoms. The Labute approximate surface area is 169 Å². The highest BCUT2D eigenvalue weighted by atomic mass is 16.5. The van der Waals surface area contributed by atoms with Crippen LogP contribution in [-0.2, 0) is 0 Å². The summed E-state index contributed by atoms with van der Waals surface area (Å²) >= 11 is 0. The Hall–Kier alpha value is -3.35. The number of methoxy groups -OCH3 is 1. The Morgan fingerprint density at radius 1 is 1.17 bits per heavy atom. The van der Waals surface area contributed by atoms with Crippen molar-refractivity contribution in [2.75, 3.05) is 19.0 Å². The topological polar surface area (TPSA) is 80.5 Å². The number of nitrogens with one attached hydrogen (secondary N) is 1.